The van der Waals surface area contributed by atoms with Crippen LogP contribution in [0.15, 0.2) is 30.3 Å². The van der Waals surface area contributed by atoms with Crippen LogP contribution in [0, 0.1) is 0 Å². The Morgan fingerprint density at radius 3 is 2.80 bits per heavy atom. The SMILES string of the molecule is Nc1cc2ccccc2[pH]1. The van der Waals surface area contributed by atoms with E-state index in [0.717, 1.165) is 5.42 Å². The minimum Gasteiger partial charge on any atom is -0.396 e. The molecule has 1 atom stereocenters. The van der Waals surface area contributed by atoms with Gasteiger partial charge in [-0.25, -0.2) is 0 Å². The number of hydrogen-bond acceptors (Lipinski definition) is 1. The molecule has 0 amide bonds. The zero-order valence-electron chi connectivity index (χ0n) is 5.46. The smallest absolute Gasteiger partial charge is 0.0490 e. The second kappa shape index (κ2) is 2.03. The molecule has 10 heavy (non-hydrogen) atoms. The second-order valence-corrected chi connectivity index (χ2v) is 3.68. The van der Waals surface area contributed by atoms with Crippen LogP contribution in [0.4, 0.5) is 5.42 Å². The summed E-state index contributed by atoms with van der Waals surface area (Å²) < 4.78 is 0. The molecule has 2 rings (SSSR count). The minimum absolute atomic E-state index is 0.692. The highest BCUT2D eigenvalue weighted by molar-refractivity contribution is 7.41. The van der Waals surface area contributed by atoms with E-state index in [9.17, 15) is 0 Å². The average molecular weight is 149 g/mol. The van der Waals surface area contributed by atoms with Crippen molar-refractivity contribution in [3.8, 4) is 0 Å². The molecule has 0 saturated carbocycles. The summed E-state index contributed by atoms with van der Waals surface area (Å²) in [4.78, 5) is 0. The third kappa shape index (κ3) is 0.795. The monoisotopic (exact) mass is 149 g/mol. The molecule has 2 N–H and O–H groups in total. The Kier molecular flexibility index (Phi) is 1.18. The second-order valence-electron chi connectivity index (χ2n) is 2.31. The summed E-state index contributed by atoms with van der Waals surface area (Å²) in [5.41, 5.74) is 6.66. The van der Waals surface area contributed by atoms with Crippen LogP contribution in [-0.4, -0.2) is 0 Å². The number of nitrogens with two attached hydrogens (primary N) is 1. The van der Waals surface area contributed by atoms with Crippen molar-refractivity contribution in [2.75, 3.05) is 5.73 Å². The summed E-state index contributed by atoms with van der Waals surface area (Å²) >= 11 is 0. The standard InChI is InChI=1S/C8H8NP/c9-8-5-6-3-1-2-4-7(6)10-8/h1-5,10H,9H2. The fourth-order valence-corrected chi connectivity index (χ4v) is 2.11. The predicted octanol–water partition coefficient (Wildman–Crippen LogP) is 2.45. The lowest BCUT2D eigenvalue weighted by atomic mass is 10.3. The van der Waals surface area contributed by atoms with Crippen molar-refractivity contribution in [3.63, 3.8) is 0 Å². The number of anilines is 1. The van der Waals surface area contributed by atoms with Crippen LogP contribution in [0.2, 0.25) is 0 Å². The fraction of sp³-hybridized carbons (Fsp3) is 0. The highest BCUT2D eigenvalue weighted by Gasteiger charge is 1.92. The van der Waals surface area contributed by atoms with Crippen molar-refractivity contribution < 1.29 is 0 Å². The van der Waals surface area contributed by atoms with Gasteiger partial charge in [0.1, 0.15) is 0 Å². The van der Waals surface area contributed by atoms with E-state index >= 15 is 0 Å². The molecule has 2 heteroatoms. The van der Waals surface area contributed by atoms with Gasteiger partial charge in [-0.3, -0.25) is 0 Å². The van der Waals surface area contributed by atoms with Crippen LogP contribution in [0.3, 0.4) is 0 Å². The molecule has 0 aliphatic heterocycles. The summed E-state index contributed by atoms with van der Waals surface area (Å²) in [6.45, 7) is 0. The largest absolute Gasteiger partial charge is 0.396 e. The quantitative estimate of drug-likeness (QED) is 0.611. The normalized spacial score (nSPS) is 11.2. The van der Waals surface area contributed by atoms with Crippen LogP contribution in [0.5, 0.6) is 0 Å². The van der Waals surface area contributed by atoms with Crippen molar-refractivity contribution >= 4 is 24.1 Å². The van der Waals surface area contributed by atoms with Gasteiger partial charge in [-0.15, -0.1) is 8.19 Å². The predicted molar refractivity (Wildman–Crippen MR) is 47.9 cm³/mol. The summed E-state index contributed by atoms with van der Waals surface area (Å²) in [6.07, 6.45) is 0. The van der Waals surface area contributed by atoms with E-state index in [1.165, 1.54) is 10.5 Å². The Morgan fingerprint density at radius 2 is 2.00 bits per heavy atom. The molecule has 0 aliphatic rings. The van der Waals surface area contributed by atoms with Gasteiger partial charge in [0.2, 0.25) is 0 Å². The van der Waals surface area contributed by atoms with Crippen molar-refractivity contribution in [1.29, 1.82) is 0 Å². The van der Waals surface area contributed by atoms with E-state index in [1.54, 1.807) is 0 Å². The maximum absolute atomic E-state index is 5.66. The molecule has 0 spiro atoms. The van der Waals surface area contributed by atoms with Gasteiger partial charge < -0.3 is 5.73 Å². The molecule has 1 heterocycles. The molecule has 1 aromatic carbocycles. The fourth-order valence-electron chi connectivity index (χ4n) is 1.10. The first-order valence-corrected chi connectivity index (χ1v) is 4.19. The van der Waals surface area contributed by atoms with Gasteiger partial charge in [-0.2, -0.15) is 0 Å². The van der Waals surface area contributed by atoms with Gasteiger partial charge in [0.25, 0.3) is 0 Å². The Bertz CT molecular complexity index is 318. The lowest BCUT2D eigenvalue weighted by Crippen LogP contribution is -1.71. The summed E-state index contributed by atoms with van der Waals surface area (Å²) in [6, 6.07) is 10.4. The van der Waals surface area contributed by atoms with E-state index in [-0.39, 0.29) is 0 Å². The Hall–Kier alpha value is -0.940. The van der Waals surface area contributed by atoms with E-state index in [1.807, 2.05) is 12.1 Å². The van der Waals surface area contributed by atoms with Gasteiger partial charge in [-0.1, -0.05) is 24.3 Å². The minimum atomic E-state index is 0.692. The molecule has 0 radical (unpaired) electrons. The molecular weight excluding hydrogens is 141 g/mol. The Morgan fingerprint density at radius 1 is 1.20 bits per heavy atom. The molecule has 50 valence electrons. The third-order valence-corrected chi connectivity index (χ3v) is 2.71. The lowest BCUT2D eigenvalue weighted by Gasteiger charge is -1.82. The number of rotatable bonds is 0. The molecule has 2 aromatic rings. The van der Waals surface area contributed by atoms with E-state index in [4.69, 9.17) is 5.73 Å². The highest BCUT2D eigenvalue weighted by Crippen LogP contribution is 2.31. The highest BCUT2D eigenvalue weighted by atomic mass is 31.0. The van der Waals surface area contributed by atoms with E-state index in [2.05, 4.69) is 18.2 Å². The van der Waals surface area contributed by atoms with Crippen LogP contribution in [-0.2, 0) is 0 Å². The molecule has 0 fully saturated rings. The van der Waals surface area contributed by atoms with Crippen LogP contribution < -0.4 is 5.73 Å². The van der Waals surface area contributed by atoms with Crippen molar-refractivity contribution in [2.45, 2.75) is 0 Å². The van der Waals surface area contributed by atoms with E-state index < -0.39 is 0 Å². The molecule has 0 saturated heterocycles. The first-order chi connectivity index (χ1) is 4.86. The molecular formula is C8H8NP. The van der Waals surface area contributed by atoms with Crippen LogP contribution in [0.25, 0.3) is 10.5 Å². The molecule has 1 unspecified atom stereocenters. The van der Waals surface area contributed by atoms with Gasteiger partial charge in [0.15, 0.2) is 0 Å². The third-order valence-electron chi connectivity index (χ3n) is 1.55. The summed E-state index contributed by atoms with van der Waals surface area (Å²) in [5.74, 6) is 0. The molecule has 1 aromatic heterocycles. The number of nitrogen functional groups attached to an aromatic ring is 1. The van der Waals surface area contributed by atoms with Gasteiger partial charge in [0.05, 0.1) is 0 Å². The summed E-state index contributed by atoms with van der Waals surface area (Å²) in [7, 11) is 0.692. The first kappa shape index (κ1) is 5.82. The van der Waals surface area contributed by atoms with Gasteiger partial charge in [0, 0.05) is 10.5 Å². The number of hydrogen-bond donors (Lipinski definition) is 1. The van der Waals surface area contributed by atoms with Gasteiger partial charge in [-0.05, 0) is 11.5 Å². The zero-order chi connectivity index (χ0) is 6.97. The Balaban J connectivity index is 2.88. The van der Waals surface area contributed by atoms with Gasteiger partial charge >= 0.3 is 0 Å². The maximum Gasteiger partial charge on any atom is 0.0490 e. The summed E-state index contributed by atoms with van der Waals surface area (Å²) in [5, 5.41) is 2.67. The zero-order valence-corrected chi connectivity index (χ0v) is 6.46. The first-order valence-electron chi connectivity index (χ1n) is 3.19. The van der Waals surface area contributed by atoms with Crippen molar-refractivity contribution in [2.24, 2.45) is 0 Å². The van der Waals surface area contributed by atoms with Crippen LogP contribution >= 0.6 is 8.19 Å². The van der Waals surface area contributed by atoms with Crippen LogP contribution in [0.1, 0.15) is 0 Å². The number of fused-ring (bicyclic) bond motifs is 1. The molecule has 1 nitrogen and oxygen atoms in total. The average Bonchev–Trinajstić information content (AvgIpc) is 2.27. The van der Waals surface area contributed by atoms with Crippen molar-refractivity contribution in [1.82, 2.24) is 0 Å². The maximum atomic E-state index is 5.66. The van der Waals surface area contributed by atoms with Crippen molar-refractivity contribution in [3.05, 3.63) is 30.3 Å². The molecule has 0 aliphatic carbocycles. The van der Waals surface area contributed by atoms with E-state index in [0.29, 0.717) is 8.19 Å². The number of benzene rings is 1. The topological polar surface area (TPSA) is 26.0 Å². The Labute approximate surface area is 60.9 Å². The molecule has 0 bridgehead atoms. The lowest BCUT2D eigenvalue weighted by molar-refractivity contribution is 1.85.